The van der Waals surface area contributed by atoms with Gasteiger partial charge in [0.05, 0.1) is 18.1 Å². The maximum absolute atomic E-state index is 12.2. The Hall–Kier alpha value is -2.13. The van der Waals surface area contributed by atoms with E-state index in [1.165, 1.54) is 0 Å². The van der Waals surface area contributed by atoms with Crippen LogP contribution in [0.3, 0.4) is 0 Å². The van der Waals surface area contributed by atoms with Crippen LogP contribution in [0, 0.1) is 11.3 Å². The van der Waals surface area contributed by atoms with E-state index in [-0.39, 0.29) is 0 Å². The molecule has 0 aliphatic heterocycles. The first-order valence-electron chi connectivity index (χ1n) is 5.54. The molecular formula is C13H10F3N3. The Morgan fingerprint density at radius 2 is 2.00 bits per heavy atom. The number of benzene rings is 1. The molecule has 0 aliphatic rings. The molecule has 0 aliphatic carbocycles. The highest BCUT2D eigenvalue weighted by molar-refractivity contribution is 5.82. The van der Waals surface area contributed by atoms with Crippen LogP contribution >= 0.6 is 0 Å². The standard InChI is InChI=1S/C13H10F3N3/c14-13(15,16)8-19-11(7-17)10-5-1-3-9-4-2-6-18-12(9)10/h1-6,11,19H,8H2. The second kappa shape index (κ2) is 5.24. The molecule has 0 fully saturated rings. The van der Waals surface area contributed by atoms with Crippen LogP contribution in [0.4, 0.5) is 13.2 Å². The number of nitrogens with zero attached hydrogens (tertiary/aromatic N) is 2. The molecule has 3 nitrogen and oxygen atoms in total. The number of para-hydroxylation sites is 1. The highest BCUT2D eigenvalue weighted by Gasteiger charge is 2.28. The van der Waals surface area contributed by atoms with Gasteiger partial charge >= 0.3 is 6.18 Å². The molecule has 6 heteroatoms. The van der Waals surface area contributed by atoms with Gasteiger partial charge in [0.25, 0.3) is 0 Å². The minimum Gasteiger partial charge on any atom is -0.290 e. The molecule has 19 heavy (non-hydrogen) atoms. The van der Waals surface area contributed by atoms with Crippen LogP contribution in [0.1, 0.15) is 11.6 Å². The van der Waals surface area contributed by atoms with Crippen LogP contribution in [-0.4, -0.2) is 17.7 Å². The summed E-state index contributed by atoms with van der Waals surface area (Å²) >= 11 is 0. The van der Waals surface area contributed by atoms with Crippen LogP contribution in [0.25, 0.3) is 10.9 Å². The van der Waals surface area contributed by atoms with Gasteiger partial charge in [-0.2, -0.15) is 18.4 Å². The molecule has 1 aromatic heterocycles. The van der Waals surface area contributed by atoms with Crippen LogP contribution < -0.4 is 5.32 Å². The van der Waals surface area contributed by atoms with E-state index in [4.69, 9.17) is 5.26 Å². The monoisotopic (exact) mass is 265 g/mol. The topological polar surface area (TPSA) is 48.7 Å². The molecule has 0 amide bonds. The molecule has 2 rings (SSSR count). The molecule has 0 spiro atoms. The van der Waals surface area contributed by atoms with Gasteiger partial charge < -0.3 is 0 Å². The van der Waals surface area contributed by atoms with E-state index >= 15 is 0 Å². The number of fused-ring (bicyclic) bond motifs is 1. The number of pyridine rings is 1. The lowest BCUT2D eigenvalue weighted by atomic mass is 10.0. The zero-order valence-corrected chi connectivity index (χ0v) is 9.78. The molecule has 2 aromatic rings. The molecule has 1 N–H and O–H groups in total. The van der Waals surface area contributed by atoms with Gasteiger partial charge in [-0.3, -0.25) is 10.3 Å². The number of alkyl halides is 3. The van der Waals surface area contributed by atoms with Crippen LogP contribution in [0.2, 0.25) is 0 Å². The smallest absolute Gasteiger partial charge is 0.290 e. The third-order valence-electron chi connectivity index (χ3n) is 2.61. The Bertz CT molecular complexity index is 611. The Kier molecular flexibility index (Phi) is 3.67. The molecule has 98 valence electrons. The minimum atomic E-state index is -4.35. The number of aromatic nitrogens is 1. The molecule has 1 unspecified atom stereocenters. The average Bonchev–Trinajstić information content (AvgIpc) is 2.38. The second-order valence-electron chi connectivity index (χ2n) is 3.98. The Morgan fingerprint density at radius 3 is 2.68 bits per heavy atom. The van der Waals surface area contributed by atoms with E-state index in [0.29, 0.717) is 11.1 Å². The number of hydrogen-bond donors (Lipinski definition) is 1. The van der Waals surface area contributed by atoms with Gasteiger partial charge in [0.1, 0.15) is 6.04 Å². The van der Waals surface area contributed by atoms with Crippen molar-refractivity contribution in [2.45, 2.75) is 12.2 Å². The summed E-state index contributed by atoms with van der Waals surface area (Å²) in [4.78, 5) is 4.12. The summed E-state index contributed by atoms with van der Waals surface area (Å²) in [6.45, 7) is -1.21. The highest BCUT2D eigenvalue weighted by Crippen LogP contribution is 2.23. The van der Waals surface area contributed by atoms with E-state index in [1.54, 1.807) is 36.5 Å². The van der Waals surface area contributed by atoms with Crippen molar-refractivity contribution in [1.82, 2.24) is 10.3 Å². The van der Waals surface area contributed by atoms with Gasteiger partial charge in [-0.15, -0.1) is 0 Å². The highest BCUT2D eigenvalue weighted by atomic mass is 19.4. The Balaban J connectivity index is 2.34. The fraction of sp³-hybridized carbons (Fsp3) is 0.231. The van der Waals surface area contributed by atoms with Crippen molar-refractivity contribution in [3.8, 4) is 6.07 Å². The lowest BCUT2D eigenvalue weighted by Crippen LogP contribution is -2.31. The van der Waals surface area contributed by atoms with Gasteiger partial charge in [-0.1, -0.05) is 24.3 Å². The number of hydrogen-bond acceptors (Lipinski definition) is 3. The summed E-state index contributed by atoms with van der Waals surface area (Å²) in [6.07, 6.45) is -2.81. The lowest BCUT2D eigenvalue weighted by Gasteiger charge is -2.15. The molecule has 1 heterocycles. The van der Waals surface area contributed by atoms with Crippen LogP contribution in [-0.2, 0) is 0 Å². The number of nitrogens with one attached hydrogen (secondary N) is 1. The van der Waals surface area contributed by atoms with Crippen LogP contribution in [0.5, 0.6) is 0 Å². The number of nitriles is 1. The zero-order valence-electron chi connectivity index (χ0n) is 9.78. The largest absolute Gasteiger partial charge is 0.401 e. The first kappa shape index (κ1) is 13.3. The van der Waals surface area contributed by atoms with E-state index < -0.39 is 18.8 Å². The summed E-state index contributed by atoms with van der Waals surface area (Å²) in [5.74, 6) is 0. The fourth-order valence-corrected chi connectivity index (χ4v) is 1.80. The van der Waals surface area contributed by atoms with E-state index in [0.717, 1.165) is 5.39 Å². The quantitative estimate of drug-likeness (QED) is 0.928. The minimum absolute atomic E-state index is 0.449. The van der Waals surface area contributed by atoms with Crippen molar-refractivity contribution in [2.75, 3.05) is 6.54 Å². The predicted octanol–water partition coefficient (Wildman–Crippen LogP) is 2.95. The second-order valence-corrected chi connectivity index (χ2v) is 3.98. The maximum Gasteiger partial charge on any atom is 0.401 e. The summed E-state index contributed by atoms with van der Waals surface area (Å²) in [7, 11) is 0. The van der Waals surface area contributed by atoms with Crippen molar-refractivity contribution in [3.05, 3.63) is 42.1 Å². The van der Waals surface area contributed by atoms with Crippen molar-refractivity contribution < 1.29 is 13.2 Å². The Labute approximate surface area is 107 Å². The summed E-state index contributed by atoms with van der Waals surface area (Å²) in [5.41, 5.74) is 0.982. The normalized spacial score (nSPS) is 13.2. The van der Waals surface area contributed by atoms with E-state index in [9.17, 15) is 13.2 Å². The van der Waals surface area contributed by atoms with Crippen molar-refractivity contribution in [3.63, 3.8) is 0 Å². The summed E-state index contributed by atoms with van der Waals surface area (Å²) < 4.78 is 36.6. The van der Waals surface area contributed by atoms with Gasteiger partial charge in [-0.25, -0.2) is 0 Å². The van der Waals surface area contributed by atoms with Crippen LogP contribution in [0.15, 0.2) is 36.5 Å². The molecule has 1 aromatic carbocycles. The van der Waals surface area contributed by atoms with Gasteiger partial charge in [0.2, 0.25) is 0 Å². The van der Waals surface area contributed by atoms with E-state index in [1.807, 2.05) is 6.07 Å². The maximum atomic E-state index is 12.2. The van der Waals surface area contributed by atoms with Crippen molar-refractivity contribution in [2.24, 2.45) is 0 Å². The van der Waals surface area contributed by atoms with Gasteiger partial charge in [0, 0.05) is 17.1 Å². The molecular weight excluding hydrogens is 255 g/mol. The summed E-state index contributed by atoms with van der Waals surface area (Å²) in [6, 6.07) is 9.41. The van der Waals surface area contributed by atoms with Gasteiger partial charge in [0.15, 0.2) is 0 Å². The SMILES string of the molecule is N#CC(NCC(F)(F)F)c1cccc2cccnc12. The third kappa shape index (κ3) is 3.20. The molecule has 0 saturated heterocycles. The average molecular weight is 265 g/mol. The zero-order chi connectivity index (χ0) is 13.9. The molecule has 0 saturated carbocycles. The third-order valence-corrected chi connectivity index (χ3v) is 2.61. The number of rotatable bonds is 3. The molecule has 1 atom stereocenters. The van der Waals surface area contributed by atoms with Crippen molar-refractivity contribution >= 4 is 10.9 Å². The van der Waals surface area contributed by atoms with Gasteiger partial charge in [-0.05, 0) is 6.07 Å². The first-order chi connectivity index (χ1) is 9.01. The first-order valence-corrected chi connectivity index (χ1v) is 5.54. The fourth-order valence-electron chi connectivity index (χ4n) is 1.80. The summed E-state index contributed by atoms with van der Waals surface area (Å²) in [5, 5.41) is 12.0. The predicted molar refractivity (Wildman–Crippen MR) is 64.2 cm³/mol. The Morgan fingerprint density at radius 1 is 1.26 bits per heavy atom. The molecule has 0 radical (unpaired) electrons. The van der Waals surface area contributed by atoms with Crippen molar-refractivity contribution in [1.29, 1.82) is 5.26 Å². The van der Waals surface area contributed by atoms with E-state index in [2.05, 4.69) is 10.3 Å². The molecule has 0 bridgehead atoms. The number of halogens is 3. The lowest BCUT2D eigenvalue weighted by molar-refractivity contribution is -0.125.